The van der Waals surface area contributed by atoms with Crippen molar-refractivity contribution < 1.29 is 23.9 Å². The van der Waals surface area contributed by atoms with Gasteiger partial charge in [0.05, 0.1) is 20.6 Å². The standard InChI is InChI=1S/C14H17N3O5S/c1-21-10-5-3-9(4-6-10)13(20)16-17-14(23)15-11(18)7-8-12(19)22-2/h3-6H,7-8H2,1-2H3,(H,16,20)(H2,15,17,18,23). The lowest BCUT2D eigenvalue weighted by Crippen LogP contribution is -2.48. The first-order valence-corrected chi connectivity index (χ1v) is 6.98. The molecule has 0 aliphatic rings. The molecule has 0 radical (unpaired) electrons. The summed E-state index contributed by atoms with van der Waals surface area (Å²) in [6.07, 6.45) is -0.121. The van der Waals surface area contributed by atoms with Crippen LogP contribution in [-0.2, 0) is 14.3 Å². The van der Waals surface area contributed by atoms with E-state index < -0.39 is 17.8 Å². The van der Waals surface area contributed by atoms with Crippen molar-refractivity contribution in [1.29, 1.82) is 0 Å². The van der Waals surface area contributed by atoms with Crippen LogP contribution < -0.4 is 20.9 Å². The zero-order valence-corrected chi connectivity index (χ0v) is 13.5. The first-order chi connectivity index (χ1) is 11.0. The maximum absolute atomic E-state index is 11.8. The molecule has 0 unspecified atom stereocenters. The summed E-state index contributed by atoms with van der Waals surface area (Å²) < 4.78 is 9.41. The lowest BCUT2D eigenvalue weighted by atomic mass is 10.2. The van der Waals surface area contributed by atoms with E-state index in [0.29, 0.717) is 11.3 Å². The van der Waals surface area contributed by atoms with Gasteiger partial charge in [0, 0.05) is 12.0 Å². The third-order valence-electron chi connectivity index (χ3n) is 2.68. The van der Waals surface area contributed by atoms with Gasteiger partial charge < -0.3 is 14.8 Å². The Morgan fingerprint density at radius 3 is 2.26 bits per heavy atom. The molecular weight excluding hydrogens is 322 g/mol. The summed E-state index contributed by atoms with van der Waals surface area (Å²) in [6, 6.07) is 6.44. The molecule has 0 saturated heterocycles. The zero-order valence-electron chi connectivity index (χ0n) is 12.7. The van der Waals surface area contributed by atoms with Crippen molar-refractivity contribution in [1.82, 2.24) is 16.2 Å². The molecule has 0 atom stereocenters. The van der Waals surface area contributed by atoms with Crippen molar-refractivity contribution in [3.05, 3.63) is 29.8 Å². The number of hydrogen-bond acceptors (Lipinski definition) is 6. The summed E-state index contributed by atoms with van der Waals surface area (Å²) in [6.45, 7) is 0. The molecule has 23 heavy (non-hydrogen) atoms. The van der Waals surface area contributed by atoms with Crippen LogP contribution in [0.2, 0.25) is 0 Å². The number of carbonyl (C=O) groups is 3. The van der Waals surface area contributed by atoms with Crippen molar-refractivity contribution in [3.63, 3.8) is 0 Å². The van der Waals surface area contributed by atoms with Gasteiger partial charge >= 0.3 is 5.97 Å². The van der Waals surface area contributed by atoms with Gasteiger partial charge in [-0.2, -0.15) is 0 Å². The van der Waals surface area contributed by atoms with Gasteiger partial charge in [-0.15, -0.1) is 0 Å². The monoisotopic (exact) mass is 339 g/mol. The molecule has 0 heterocycles. The molecule has 0 bridgehead atoms. The summed E-state index contributed by atoms with van der Waals surface area (Å²) in [5.41, 5.74) is 5.12. The molecule has 0 fully saturated rings. The highest BCUT2D eigenvalue weighted by Crippen LogP contribution is 2.10. The highest BCUT2D eigenvalue weighted by Gasteiger charge is 2.10. The Hall–Kier alpha value is -2.68. The Kier molecular flexibility index (Phi) is 7.48. The number of benzene rings is 1. The van der Waals surface area contributed by atoms with Gasteiger partial charge in [-0.05, 0) is 36.5 Å². The molecule has 1 aromatic rings. The van der Waals surface area contributed by atoms with Crippen LogP contribution in [-0.4, -0.2) is 37.1 Å². The number of nitrogens with one attached hydrogen (secondary N) is 3. The number of thiocarbonyl (C=S) groups is 1. The van der Waals surface area contributed by atoms with Crippen LogP contribution in [0.4, 0.5) is 0 Å². The molecule has 1 aromatic carbocycles. The molecule has 8 nitrogen and oxygen atoms in total. The first kappa shape index (κ1) is 18.4. The number of hydrazine groups is 1. The van der Waals surface area contributed by atoms with E-state index in [4.69, 9.17) is 17.0 Å². The second-order valence-electron chi connectivity index (χ2n) is 4.26. The van der Waals surface area contributed by atoms with Gasteiger partial charge in [-0.1, -0.05) is 0 Å². The van der Waals surface area contributed by atoms with E-state index in [9.17, 15) is 14.4 Å². The average molecular weight is 339 g/mol. The molecule has 0 saturated carbocycles. The number of amides is 2. The van der Waals surface area contributed by atoms with E-state index in [1.807, 2.05) is 0 Å². The second-order valence-corrected chi connectivity index (χ2v) is 4.67. The quantitative estimate of drug-likeness (QED) is 0.402. The first-order valence-electron chi connectivity index (χ1n) is 6.57. The molecule has 9 heteroatoms. The SMILES string of the molecule is COC(=O)CCC(=O)NC(=S)NNC(=O)c1ccc(OC)cc1. The van der Waals surface area contributed by atoms with E-state index in [0.717, 1.165) is 0 Å². The maximum atomic E-state index is 11.8. The minimum atomic E-state index is -0.494. The van der Waals surface area contributed by atoms with E-state index >= 15 is 0 Å². The minimum Gasteiger partial charge on any atom is -0.497 e. The maximum Gasteiger partial charge on any atom is 0.306 e. The Bertz CT molecular complexity index is 589. The molecule has 3 N–H and O–H groups in total. The second kappa shape index (κ2) is 9.36. The van der Waals surface area contributed by atoms with Crippen molar-refractivity contribution in [3.8, 4) is 5.75 Å². The molecule has 0 aliphatic carbocycles. The van der Waals surface area contributed by atoms with Crippen LogP contribution in [0, 0.1) is 0 Å². The fraction of sp³-hybridized carbons (Fsp3) is 0.286. The molecule has 124 valence electrons. The van der Waals surface area contributed by atoms with Gasteiger partial charge in [0.25, 0.3) is 5.91 Å². The molecule has 0 spiro atoms. The number of methoxy groups -OCH3 is 2. The van der Waals surface area contributed by atoms with Gasteiger partial charge in [-0.3, -0.25) is 25.2 Å². The number of hydrogen-bond donors (Lipinski definition) is 3. The summed E-state index contributed by atoms with van der Waals surface area (Å²) in [5.74, 6) is -0.764. The number of carbonyl (C=O) groups excluding carboxylic acids is 3. The fourth-order valence-corrected chi connectivity index (χ4v) is 1.63. The molecular formula is C14H17N3O5S. The zero-order chi connectivity index (χ0) is 17.2. The average Bonchev–Trinajstić information content (AvgIpc) is 2.57. The van der Waals surface area contributed by atoms with E-state index in [1.54, 1.807) is 24.3 Å². The lowest BCUT2D eigenvalue weighted by molar-refractivity contribution is -0.142. The Labute approximate surface area is 138 Å². The highest BCUT2D eigenvalue weighted by molar-refractivity contribution is 7.80. The Balaban J connectivity index is 2.35. The van der Waals surface area contributed by atoms with Crippen LogP contribution in [0.5, 0.6) is 5.75 Å². The van der Waals surface area contributed by atoms with Gasteiger partial charge in [-0.25, -0.2) is 0 Å². The lowest BCUT2D eigenvalue weighted by Gasteiger charge is -2.10. The molecule has 2 amide bonds. The van der Waals surface area contributed by atoms with Gasteiger partial charge in [0.1, 0.15) is 5.75 Å². The smallest absolute Gasteiger partial charge is 0.306 e. The van der Waals surface area contributed by atoms with Crippen LogP contribution in [0.1, 0.15) is 23.2 Å². The third kappa shape index (κ3) is 6.74. The molecule has 0 aromatic heterocycles. The number of rotatable bonds is 5. The summed E-state index contributed by atoms with van der Waals surface area (Å²) >= 11 is 4.85. The van der Waals surface area contributed by atoms with E-state index in [1.165, 1.54) is 14.2 Å². The van der Waals surface area contributed by atoms with Crippen LogP contribution >= 0.6 is 12.2 Å². The van der Waals surface area contributed by atoms with E-state index in [2.05, 4.69) is 20.9 Å². The van der Waals surface area contributed by atoms with Gasteiger partial charge in [0.15, 0.2) is 5.11 Å². The van der Waals surface area contributed by atoms with Crippen LogP contribution in [0.3, 0.4) is 0 Å². The molecule has 1 rings (SSSR count). The van der Waals surface area contributed by atoms with Crippen LogP contribution in [0.25, 0.3) is 0 Å². The number of esters is 1. The topological polar surface area (TPSA) is 106 Å². The largest absolute Gasteiger partial charge is 0.497 e. The van der Waals surface area contributed by atoms with Crippen LogP contribution in [0.15, 0.2) is 24.3 Å². The minimum absolute atomic E-state index is 0.0524. The van der Waals surface area contributed by atoms with E-state index in [-0.39, 0.29) is 18.0 Å². The Morgan fingerprint density at radius 1 is 1.04 bits per heavy atom. The summed E-state index contributed by atoms with van der Waals surface area (Å²) in [4.78, 5) is 34.2. The van der Waals surface area contributed by atoms with Crippen molar-refractivity contribution in [2.75, 3.05) is 14.2 Å². The molecule has 0 aliphatic heterocycles. The van der Waals surface area contributed by atoms with Gasteiger partial charge in [0.2, 0.25) is 5.91 Å². The van der Waals surface area contributed by atoms with Crippen molar-refractivity contribution in [2.24, 2.45) is 0 Å². The Morgan fingerprint density at radius 2 is 1.70 bits per heavy atom. The number of ether oxygens (including phenoxy) is 2. The summed E-state index contributed by atoms with van der Waals surface area (Å²) in [7, 11) is 2.76. The normalized spacial score (nSPS) is 9.48. The predicted octanol–water partition coefficient (Wildman–Crippen LogP) is 0.284. The van der Waals surface area contributed by atoms with Crippen molar-refractivity contribution >= 4 is 35.1 Å². The fourth-order valence-electron chi connectivity index (χ4n) is 1.47. The highest BCUT2D eigenvalue weighted by atomic mass is 32.1. The third-order valence-corrected chi connectivity index (χ3v) is 2.88. The summed E-state index contributed by atoms with van der Waals surface area (Å²) in [5, 5.41) is 2.24. The van der Waals surface area contributed by atoms with Crippen molar-refractivity contribution in [2.45, 2.75) is 12.8 Å². The predicted molar refractivity (Wildman–Crippen MR) is 85.6 cm³/mol.